The number of aromatic amines is 1. The van der Waals surface area contributed by atoms with Crippen molar-refractivity contribution in [1.29, 1.82) is 0 Å². The van der Waals surface area contributed by atoms with E-state index < -0.39 is 0 Å². The Bertz CT molecular complexity index is 376. The molecule has 1 rings (SSSR count). The molecule has 1 aromatic heterocycles. The third kappa shape index (κ3) is 5.32. The van der Waals surface area contributed by atoms with Crippen LogP contribution in [0.15, 0.2) is 16.0 Å². The van der Waals surface area contributed by atoms with E-state index in [1.165, 1.54) is 6.07 Å². The van der Waals surface area contributed by atoms with E-state index in [4.69, 9.17) is 5.73 Å². The molecule has 0 saturated carbocycles. The summed E-state index contributed by atoms with van der Waals surface area (Å²) in [6, 6.07) is 1.78. The van der Waals surface area contributed by atoms with Crippen LogP contribution in [0.4, 0.5) is 0 Å². The van der Waals surface area contributed by atoms with Crippen molar-refractivity contribution in [3.63, 3.8) is 0 Å². The van der Waals surface area contributed by atoms with Gasteiger partial charge in [-0.05, 0) is 26.7 Å². The largest absolute Gasteiger partial charge is 0.328 e. The summed E-state index contributed by atoms with van der Waals surface area (Å²) < 4.78 is 0. The number of hydrogen-bond acceptors (Lipinski definition) is 4. The first-order valence-corrected chi connectivity index (χ1v) is 6.53. The smallest absolute Gasteiger partial charge is 0.251 e. The average Bonchev–Trinajstić information content (AvgIpc) is 2.15. The van der Waals surface area contributed by atoms with Crippen LogP contribution < -0.4 is 11.3 Å². The minimum absolute atomic E-state index is 0.0782. The summed E-state index contributed by atoms with van der Waals surface area (Å²) in [4.78, 5) is 18.1. The number of rotatable bonds is 6. The number of thioether (sulfide) groups is 1. The van der Waals surface area contributed by atoms with Gasteiger partial charge in [0, 0.05) is 23.6 Å². The van der Waals surface area contributed by atoms with Crippen molar-refractivity contribution in [2.24, 2.45) is 5.73 Å². The molecular weight excluding hydrogens is 222 g/mol. The van der Waals surface area contributed by atoms with E-state index in [0.717, 1.165) is 30.7 Å². The van der Waals surface area contributed by atoms with Crippen LogP contribution in [0.2, 0.25) is 0 Å². The molecule has 0 fully saturated rings. The quantitative estimate of drug-likeness (QED) is 0.451. The summed E-state index contributed by atoms with van der Waals surface area (Å²) in [6.45, 7) is 3.85. The normalized spacial score (nSPS) is 12.7. The zero-order valence-electron chi connectivity index (χ0n) is 9.82. The van der Waals surface area contributed by atoms with E-state index in [1.807, 2.05) is 13.8 Å². The van der Waals surface area contributed by atoms with Gasteiger partial charge in [0.2, 0.25) is 0 Å². The van der Waals surface area contributed by atoms with Crippen LogP contribution in [0.5, 0.6) is 0 Å². The number of nitrogens with zero attached hydrogens (tertiary/aromatic N) is 1. The summed E-state index contributed by atoms with van der Waals surface area (Å²) in [5.41, 5.74) is 6.35. The predicted octanol–water partition coefficient (Wildman–Crippen LogP) is 1.69. The van der Waals surface area contributed by atoms with Crippen molar-refractivity contribution >= 4 is 11.8 Å². The molecule has 90 valence electrons. The standard InChI is InChI=1S/C11H19N3OS/c1-8(12)5-3-4-6-16-11-13-9(2)7-10(15)14-11/h7-8H,3-6,12H2,1-2H3,(H,13,14,15). The zero-order valence-corrected chi connectivity index (χ0v) is 10.6. The Labute approximate surface area is 100 Å². The number of unbranched alkanes of at least 4 members (excludes halogenated alkanes) is 1. The number of aromatic nitrogens is 2. The highest BCUT2D eigenvalue weighted by Gasteiger charge is 1.99. The molecule has 0 spiro atoms. The minimum atomic E-state index is -0.0782. The fraction of sp³-hybridized carbons (Fsp3) is 0.636. The van der Waals surface area contributed by atoms with Crippen molar-refractivity contribution in [3.8, 4) is 0 Å². The molecule has 1 aromatic rings. The fourth-order valence-corrected chi connectivity index (χ4v) is 2.28. The molecule has 5 heteroatoms. The summed E-state index contributed by atoms with van der Waals surface area (Å²) in [5.74, 6) is 0.971. The van der Waals surface area contributed by atoms with Crippen LogP contribution in [0.3, 0.4) is 0 Å². The summed E-state index contributed by atoms with van der Waals surface area (Å²) in [6.07, 6.45) is 3.28. The minimum Gasteiger partial charge on any atom is -0.328 e. The third-order valence-corrected chi connectivity index (χ3v) is 3.10. The SMILES string of the molecule is Cc1cc(=O)[nH]c(SCCCCC(C)N)n1. The first-order valence-electron chi connectivity index (χ1n) is 5.54. The molecule has 1 heterocycles. The summed E-state index contributed by atoms with van der Waals surface area (Å²) in [7, 11) is 0. The second-order valence-electron chi connectivity index (χ2n) is 4.01. The zero-order chi connectivity index (χ0) is 12.0. The number of aryl methyl sites for hydroxylation is 1. The van der Waals surface area contributed by atoms with E-state index >= 15 is 0 Å². The number of H-pyrrole nitrogens is 1. The fourth-order valence-electron chi connectivity index (χ4n) is 1.36. The lowest BCUT2D eigenvalue weighted by Crippen LogP contribution is -2.14. The van der Waals surface area contributed by atoms with Gasteiger partial charge >= 0.3 is 0 Å². The molecule has 0 aromatic carbocycles. The van der Waals surface area contributed by atoms with Gasteiger partial charge in [0.05, 0.1) is 0 Å². The van der Waals surface area contributed by atoms with Crippen LogP contribution in [0, 0.1) is 6.92 Å². The monoisotopic (exact) mass is 241 g/mol. The molecule has 0 saturated heterocycles. The van der Waals surface area contributed by atoms with Gasteiger partial charge in [-0.15, -0.1) is 0 Å². The molecule has 0 amide bonds. The lowest BCUT2D eigenvalue weighted by molar-refractivity contribution is 0.618. The Kier molecular flexibility index (Phi) is 5.55. The molecule has 0 aliphatic rings. The molecular formula is C11H19N3OS. The molecule has 1 atom stereocenters. The predicted molar refractivity (Wildman–Crippen MR) is 67.8 cm³/mol. The first-order chi connectivity index (χ1) is 7.58. The lowest BCUT2D eigenvalue weighted by atomic mass is 10.2. The Morgan fingerprint density at radius 1 is 1.56 bits per heavy atom. The highest BCUT2D eigenvalue weighted by atomic mass is 32.2. The van der Waals surface area contributed by atoms with E-state index in [0.29, 0.717) is 5.16 Å². The first kappa shape index (κ1) is 13.3. The molecule has 4 nitrogen and oxygen atoms in total. The van der Waals surface area contributed by atoms with Gasteiger partial charge in [0.1, 0.15) is 0 Å². The van der Waals surface area contributed by atoms with Gasteiger partial charge in [-0.1, -0.05) is 18.2 Å². The van der Waals surface area contributed by atoms with Crippen LogP contribution in [-0.2, 0) is 0 Å². The molecule has 16 heavy (non-hydrogen) atoms. The lowest BCUT2D eigenvalue weighted by Gasteiger charge is -2.04. The molecule has 3 N–H and O–H groups in total. The van der Waals surface area contributed by atoms with Crippen molar-refractivity contribution in [2.45, 2.75) is 44.3 Å². The summed E-state index contributed by atoms with van der Waals surface area (Å²) >= 11 is 1.59. The van der Waals surface area contributed by atoms with E-state index in [1.54, 1.807) is 11.8 Å². The van der Waals surface area contributed by atoms with Crippen molar-refractivity contribution in [2.75, 3.05) is 5.75 Å². The second kappa shape index (κ2) is 6.70. The number of nitrogens with one attached hydrogen (secondary N) is 1. The Morgan fingerprint density at radius 3 is 2.94 bits per heavy atom. The van der Waals surface area contributed by atoms with Crippen LogP contribution in [0.1, 0.15) is 31.9 Å². The van der Waals surface area contributed by atoms with Gasteiger partial charge in [-0.3, -0.25) is 4.79 Å². The van der Waals surface area contributed by atoms with Gasteiger partial charge in [-0.25, -0.2) is 4.98 Å². The summed E-state index contributed by atoms with van der Waals surface area (Å²) in [5, 5.41) is 0.714. The van der Waals surface area contributed by atoms with Crippen molar-refractivity contribution < 1.29 is 0 Å². The van der Waals surface area contributed by atoms with Gasteiger partial charge in [-0.2, -0.15) is 0 Å². The maximum atomic E-state index is 11.2. The average molecular weight is 241 g/mol. The van der Waals surface area contributed by atoms with Crippen LogP contribution in [0.25, 0.3) is 0 Å². The van der Waals surface area contributed by atoms with Gasteiger partial charge in [0.25, 0.3) is 5.56 Å². The topological polar surface area (TPSA) is 71.8 Å². The second-order valence-corrected chi connectivity index (χ2v) is 5.10. The maximum absolute atomic E-state index is 11.2. The van der Waals surface area contributed by atoms with Gasteiger partial charge in [0.15, 0.2) is 5.16 Å². The maximum Gasteiger partial charge on any atom is 0.251 e. The molecule has 0 aliphatic carbocycles. The van der Waals surface area contributed by atoms with Crippen molar-refractivity contribution in [3.05, 3.63) is 22.1 Å². The van der Waals surface area contributed by atoms with E-state index in [9.17, 15) is 4.79 Å². The molecule has 1 unspecified atom stereocenters. The molecule has 0 bridgehead atoms. The molecule has 0 aliphatic heterocycles. The van der Waals surface area contributed by atoms with Crippen LogP contribution in [-0.4, -0.2) is 21.8 Å². The molecule has 0 radical (unpaired) electrons. The highest BCUT2D eigenvalue weighted by molar-refractivity contribution is 7.99. The van der Waals surface area contributed by atoms with E-state index in [-0.39, 0.29) is 11.6 Å². The Morgan fingerprint density at radius 2 is 2.31 bits per heavy atom. The van der Waals surface area contributed by atoms with Crippen molar-refractivity contribution in [1.82, 2.24) is 9.97 Å². The number of nitrogens with two attached hydrogens (primary N) is 1. The van der Waals surface area contributed by atoms with Crippen LogP contribution >= 0.6 is 11.8 Å². The Balaban J connectivity index is 2.29. The third-order valence-electron chi connectivity index (χ3n) is 2.14. The number of hydrogen-bond donors (Lipinski definition) is 2. The van der Waals surface area contributed by atoms with Gasteiger partial charge < -0.3 is 10.7 Å². The highest BCUT2D eigenvalue weighted by Crippen LogP contribution is 2.14. The Hall–Kier alpha value is -0.810. The van der Waals surface area contributed by atoms with E-state index in [2.05, 4.69) is 9.97 Å².